The van der Waals surface area contributed by atoms with Gasteiger partial charge in [-0.1, -0.05) is 54.6 Å². The number of hydrogen-bond acceptors (Lipinski definition) is 4. The van der Waals surface area contributed by atoms with Crippen molar-refractivity contribution >= 4 is 27.5 Å². The normalized spacial score (nSPS) is 12.0. The number of nitrogens with one attached hydrogen (secondary N) is 1. The van der Waals surface area contributed by atoms with Crippen molar-refractivity contribution in [2.24, 2.45) is 0 Å². The van der Waals surface area contributed by atoms with E-state index in [-0.39, 0.29) is 24.2 Å². The molecule has 7 nitrogen and oxygen atoms in total. The molecule has 0 saturated carbocycles. The molecule has 3 rings (SSSR count). The Hall–Kier alpha value is -3.79. The highest BCUT2D eigenvalue weighted by Crippen LogP contribution is 2.21. The fraction of sp³-hybridized carbons (Fsp3) is 0.259. The van der Waals surface area contributed by atoms with Gasteiger partial charge in [0.25, 0.3) is 0 Å². The van der Waals surface area contributed by atoms with E-state index in [1.54, 1.807) is 37.3 Å². The molecular weight excluding hydrogens is 500 g/mol. The lowest BCUT2D eigenvalue weighted by Crippen LogP contribution is -2.53. The van der Waals surface area contributed by atoms with Crippen LogP contribution in [0.15, 0.2) is 78.9 Å². The third-order valence-corrected chi connectivity index (χ3v) is 6.84. The Morgan fingerprint density at radius 2 is 1.62 bits per heavy atom. The largest absolute Gasteiger partial charge is 0.355 e. The van der Waals surface area contributed by atoms with Gasteiger partial charge in [0.15, 0.2) is 0 Å². The summed E-state index contributed by atoms with van der Waals surface area (Å²) in [5.41, 5.74) is 0.879. The molecule has 3 aromatic carbocycles. The molecule has 2 amide bonds. The van der Waals surface area contributed by atoms with Crippen LogP contribution in [0.4, 0.5) is 14.5 Å². The minimum Gasteiger partial charge on any atom is -0.355 e. The molecule has 0 bridgehead atoms. The summed E-state index contributed by atoms with van der Waals surface area (Å²) >= 11 is 0. The van der Waals surface area contributed by atoms with E-state index in [1.807, 2.05) is 6.07 Å². The van der Waals surface area contributed by atoms with Gasteiger partial charge in [0.1, 0.15) is 24.2 Å². The molecule has 0 saturated heterocycles. The predicted octanol–water partition coefficient (Wildman–Crippen LogP) is 3.51. The van der Waals surface area contributed by atoms with E-state index in [2.05, 4.69) is 5.32 Å². The van der Waals surface area contributed by atoms with Crippen molar-refractivity contribution in [1.82, 2.24) is 10.2 Å². The van der Waals surface area contributed by atoms with Crippen LogP contribution >= 0.6 is 0 Å². The van der Waals surface area contributed by atoms with Crippen molar-refractivity contribution in [1.29, 1.82) is 0 Å². The van der Waals surface area contributed by atoms with E-state index in [9.17, 15) is 26.8 Å². The first-order chi connectivity index (χ1) is 17.6. The Labute approximate surface area is 215 Å². The first-order valence-electron chi connectivity index (χ1n) is 11.7. The molecule has 0 heterocycles. The van der Waals surface area contributed by atoms with Gasteiger partial charge in [-0.15, -0.1) is 0 Å². The van der Waals surface area contributed by atoms with Gasteiger partial charge >= 0.3 is 0 Å². The Balaban J connectivity index is 2.05. The molecule has 3 aromatic rings. The SMILES string of the molecule is CCNC(=O)[C@H](Cc1ccccc1)N(Cc1ccccc1F)C(=O)CN(c1cccc(F)c1)S(C)(=O)=O. The van der Waals surface area contributed by atoms with Crippen molar-refractivity contribution in [3.8, 4) is 0 Å². The topological polar surface area (TPSA) is 86.8 Å². The second-order valence-electron chi connectivity index (χ2n) is 8.46. The molecule has 0 spiro atoms. The maximum atomic E-state index is 14.6. The average molecular weight is 530 g/mol. The molecule has 10 heteroatoms. The lowest BCUT2D eigenvalue weighted by molar-refractivity contribution is -0.140. The maximum absolute atomic E-state index is 14.6. The number of carbonyl (C=O) groups is 2. The number of anilines is 1. The second kappa shape index (κ2) is 12.4. The fourth-order valence-electron chi connectivity index (χ4n) is 3.90. The third kappa shape index (κ3) is 7.60. The van der Waals surface area contributed by atoms with Gasteiger partial charge in [-0.2, -0.15) is 0 Å². The summed E-state index contributed by atoms with van der Waals surface area (Å²) in [6.45, 7) is 1.04. The predicted molar refractivity (Wildman–Crippen MR) is 138 cm³/mol. The molecule has 0 aliphatic rings. The smallest absolute Gasteiger partial charge is 0.244 e. The lowest BCUT2D eigenvalue weighted by atomic mass is 10.0. The van der Waals surface area contributed by atoms with Gasteiger partial charge in [0.2, 0.25) is 21.8 Å². The summed E-state index contributed by atoms with van der Waals surface area (Å²) in [6, 6.07) is 18.6. The minimum atomic E-state index is -4.01. The molecule has 37 heavy (non-hydrogen) atoms. The van der Waals surface area contributed by atoms with E-state index in [0.29, 0.717) is 6.54 Å². The third-order valence-electron chi connectivity index (χ3n) is 5.70. The molecule has 0 aliphatic heterocycles. The summed E-state index contributed by atoms with van der Waals surface area (Å²) in [4.78, 5) is 28.1. The molecule has 196 valence electrons. The minimum absolute atomic E-state index is 0.0423. The number of carbonyl (C=O) groups excluding carboxylic acids is 2. The van der Waals surface area contributed by atoms with E-state index in [0.717, 1.165) is 28.3 Å². The number of halogens is 2. The van der Waals surface area contributed by atoms with Crippen LogP contribution < -0.4 is 9.62 Å². The summed E-state index contributed by atoms with van der Waals surface area (Å²) in [5.74, 6) is -2.45. The van der Waals surface area contributed by atoms with E-state index < -0.39 is 46.1 Å². The monoisotopic (exact) mass is 529 g/mol. The van der Waals surface area contributed by atoms with Gasteiger partial charge in [0, 0.05) is 25.1 Å². The number of likely N-dealkylation sites (N-methyl/N-ethyl adjacent to an activating group) is 1. The quantitative estimate of drug-likeness (QED) is 0.412. The van der Waals surface area contributed by atoms with Crippen molar-refractivity contribution in [2.45, 2.75) is 25.9 Å². The van der Waals surface area contributed by atoms with Gasteiger partial charge in [0.05, 0.1) is 11.9 Å². The summed E-state index contributed by atoms with van der Waals surface area (Å²) in [5, 5.41) is 2.72. The maximum Gasteiger partial charge on any atom is 0.244 e. The van der Waals surface area contributed by atoms with Crippen LogP contribution in [0.2, 0.25) is 0 Å². The molecule has 0 fully saturated rings. The zero-order chi connectivity index (χ0) is 27.0. The van der Waals surface area contributed by atoms with Crippen molar-refractivity contribution < 1.29 is 26.8 Å². The Morgan fingerprint density at radius 3 is 2.24 bits per heavy atom. The molecule has 0 aromatic heterocycles. The standard InChI is InChI=1S/C27H29F2N3O4S/c1-3-30-27(34)25(16-20-10-5-4-6-11-20)31(18-21-12-7-8-15-24(21)29)26(33)19-32(37(2,35)36)23-14-9-13-22(28)17-23/h4-15,17,25H,3,16,18-19H2,1-2H3,(H,30,34)/t25-/m0/s1. The number of benzene rings is 3. The summed E-state index contributed by atoms with van der Waals surface area (Å²) < 4.78 is 54.5. The number of rotatable bonds is 11. The molecule has 0 aliphatic carbocycles. The van der Waals surface area contributed by atoms with Crippen molar-refractivity contribution in [3.63, 3.8) is 0 Å². The Morgan fingerprint density at radius 1 is 0.946 bits per heavy atom. The highest BCUT2D eigenvalue weighted by atomic mass is 32.2. The van der Waals surface area contributed by atoms with Gasteiger partial charge in [-0.05, 0) is 36.8 Å². The van der Waals surface area contributed by atoms with Gasteiger partial charge in [-0.25, -0.2) is 17.2 Å². The van der Waals surface area contributed by atoms with Crippen molar-refractivity contribution in [3.05, 3.63) is 102 Å². The number of sulfonamides is 1. The molecule has 0 unspecified atom stereocenters. The lowest BCUT2D eigenvalue weighted by Gasteiger charge is -2.33. The van der Waals surface area contributed by atoms with Crippen LogP contribution in [0.5, 0.6) is 0 Å². The Kier molecular flexibility index (Phi) is 9.35. The second-order valence-corrected chi connectivity index (χ2v) is 10.4. The summed E-state index contributed by atoms with van der Waals surface area (Å²) in [7, 11) is -4.01. The average Bonchev–Trinajstić information content (AvgIpc) is 2.85. The van der Waals surface area contributed by atoms with Crippen LogP contribution in [0.25, 0.3) is 0 Å². The van der Waals surface area contributed by atoms with Crippen molar-refractivity contribution in [2.75, 3.05) is 23.7 Å². The van der Waals surface area contributed by atoms with Crippen LogP contribution in [-0.2, 0) is 32.6 Å². The van der Waals surface area contributed by atoms with Crippen LogP contribution in [0.1, 0.15) is 18.1 Å². The first-order valence-corrected chi connectivity index (χ1v) is 13.5. The highest BCUT2D eigenvalue weighted by molar-refractivity contribution is 7.92. The summed E-state index contributed by atoms with van der Waals surface area (Å²) in [6.07, 6.45) is 1.02. The molecule has 0 radical (unpaired) electrons. The number of amides is 2. The zero-order valence-corrected chi connectivity index (χ0v) is 21.4. The number of hydrogen-bond donors (Lipinski definition) is 1. The number of nitrogens with zero attached hydrogens (tertiary/aromatic N) is 2. The zero-order valence-electron chi connectivity index (χ0n) is 20.6. The van der Waals surface area contributed by atoms with Crippen LogP contribution in [0, 0.1) is 11.6 Å². The highest BCUT2D eigenvalue weighted by Gasteiger charge is 2.33. The first kappa shape index (κ1) is 27.8. The molecule has 1 N–H and O–H groups in total. The van der Waals surface area contributed by atoms with Crippen LogP contribution in [-0.4, -0.2) is 50.5 Å². The fourth-order valence-corrected chi connectivity index (χ4v) is 4.74. The van der Waals surface area contributed by atoms with Crippen LogP contribution in [0.3, 0.4) is 0 Å². The van der Waals surface area contributed by atoms with E-state index >= 15 is 0 Å². The van der Waals surface area contributed by atoms with E-state index in [1.165, 1.54) is 35.2 Å². The molecular formula is C27H29F2N3O4S. The van der Waals surface area contributed by atoms with E-state index in [4.69, 9.17) is 0 Å². The molecule has 1 atom stereocenters. The van der Waals surface area contributed by atoms with Gasteiger partial charge in [-0.3, -0.25) is 13.9 Å². The Bertz CT molecular complexity index is 1340. The van der Waals surface area contributed by atoms with Gasteiger partial charge < -0.3 is 10.2 Å².